The van der Waals surface area contributed by atoms with E-state index in [0.717, 1.165) is 18.2 Å². The Kier molecular flexibility index (Phi) is 9.29. The molecule has 7 heteroatoms. The van der Waals surface area contributed by atoms with Gasteiger partial charge in [0.25, 0.3) is 5.91 Å². The number of halogens is 3. The first-order valence-electron chi connectivity index (χ1n) is 6.25. The highest BCUT2D eigenvalue weighted by molar-refractivity contribution is 6.36. The van der Waals surface area contributed by atoms with Crippen molar-refractivity contribution >= 4 is 53.2 Å². The van der Waals surface area contributed by atoms with Crippen molar-refractivity contribution in [3.8, 4) is 0 Å². The zero-order valence-electron chi connectivity index (χ0n) is 11.3. The third kappa shape index (κ3) is 5.00. The van der Waals surface area contributed by atoms with Crippen LogP contribution in [0.5, 0.6) is 0 Å². The van der Waals surface area contributed by atoms with Crippen LogP contribution in [0.25, 0.3) is 10.9 Å². The van der Waals surface area contributed by atoms with Crippen LogP contribution < -0.4 is 11.1 Å². The number of amides is 1. The number of hydrogen-bond acceptors (Lipinski definition) is 3. The van der Waals surface area contributed by atoms with Gasteiger partial charge in [0, 0.05) is 18.1 Å². The largest absolute Gasteiger partial charge is 0.352 e. The van der Waals surface area contributed by atoms with E-state index < -0.39 is 0 Å². The van der Waals surface area contributed by atoms with E-state index in [4.69, 9.17) is 17.3 Å². The van der Waals surface area contributed by atoms with Crippen molar-refractivity contribution in [2.45, 2.75) is 12.8 Å². The zero-order valence-corrected chi connectivity index (χ0v) is 13.7. The van der Waals surface area contributed by atoms with Gasteiger partial charge in [-0.15, -0.1) is 24.8 Å². The van der Waals surface area contributed by atoms with Crippen molar-refractivity contribution in [1.82, 2.24) is 10.3 Å². The minimum absolute atomic E-state index is 0. The molecule has 0 saturated carbocycles. The molecule has 1 amide bonds. The number of rotatable bonds is 5. The third-order valence-corrected chi connectivity index (χ3v) is 3.21. The summed E-state index contributed by atoms with van der Waals surface area (Å²) in [6.45, 7) is 1.26. The van der Waals surface area contributed by atoms with Crippen molar-refractivity contribution in [2.75, 3.05) is 13.1 Å². The Morgan fingerprint density at radius 3 is 2.71 bits per heavy atom. The highest BCUT2D eigenvalue weighted by Gasteiger charge is 2.12. The first-order chi connectivity index (χ1) is 9.24. The lowest BCUT2D eigenvalue weighted by molar-refractivity contribution is 0.0954. The fraction of sp³-hybridized carbons (Fsp3) is 0.286. The summed E-state index contributed by atoms with van der Waals surface area (Å²) in [6.07, 6.45) is 3.44. The Hall–Kier alpha value is -1.07. The predicted molar refractivity (Wildman–Crippen MR) is 91.9 cm³/mol. The molecular weight excluding hydrogens is 333 g/mol. The molecule has 1 heterocycles. The topological polar surface area (TPSA) is 68.0 Å². The minimum atomic E-state index is -0.127. The SMILES string of the molecule is Cl.Cl.NCCCCNC(=O)c1ccc(Cl)c2cccnc12. The molecule has 0 aliphatic carbocycles. The van der Waals surface area contributed by atoms with Gasteiger partial charge < -0.3 is 11.1 Å². The summed E-state index contributed by atoms with van der Waals surface area (Å²) in [6, 6.07) is 7.09. The highest BCUT2D eigenvalue weighted by atomic mass is 35.5. The van der Waals surface area contributed by atoms with Crippen LogP contribution in [0.1, 0.15) is 23.2 Å². The van der Waals surface area contributed by atoms with Crippen LogP contribution >= 0.6 is 36.4 Å². The number of benzene rings is 1. The summed E-state index contributed by atoms with van der Waals surface area (Å²) in [5, 5.41) is 4.26. The minimum Gasteiger partial charge on any atom is -0.352 e. The van der Waals surface area contributed by atoms with Crippen LogP contribution in [0.3, 0.4) is 0 Å². The summed E-state index contributed by atoms with van der Waals surface area (Å²) >= 11 is 6.09. The standard InChI is InChI=1S/C14H16ClN3O.2ClH/c15-12-6-5-11(13-10(12)4-3-9-17-13)14(19)18-8-2-1-7-16;;/h3-6,9H,1-2,7-8,16H2,(H,18,19);2*1H. The predicted octanol–water partition coefficient (Wildman–Crippen LogP) is 3.20. The van der Waals surface area contributed by atoms with E-state index in [1.165, 1.54) is 0 Å². The van der Waals surface area contributed by atoms with Crippen molar-refractivity contribution in [2.24, 2.45) is 5.73 Å². The van der Waals surface area contributed by atoms with Gasteiger partial charge in [0.2, 0.25) is 0 Å². The van der Waals surface area contributed by atoms with E-state index in [9.17, 15) is 4.79 Å². The molecule has 21 heavy (non-hydrogen) atoms. The van der Waals surface area contributed by atoms with E-state index >= 15 is 0 Å². The van der Waals surface area contributed by atoms with Gasteiger partial charge in [0.1, 0.15) is 0 Å². The molecule has 0 bridgehead atoms. The van der Waals surface area contributed by atoms with Crippen LogP contribution in [0, 0.1) is 0 Å². The highest BCUT2D eigenvalue weighted by Crippen LogP contribution is 2.24. The summed E-state index contributed by atoms with van der Waals surface area (Å²) < 4.78 is 0. The molecule has 0 saturated heterocycles. The number of pyridine rings is 1. The van der Waals surface area contributed by atoms with Crippen LogP contribution in [-0.4, -0.2) is 24.0 Å². The van der Waals surface area contributed by atoms with E-state index in [-0.39, 0.29) is 30.7 Å². The Labute approximate surface area is 141 Å². The number of carbonyl (C=O) groups is 1. The number of hydrogen-bond donors (Lipinski definition) is 2. The van der Waals surface area contributed by atoms with Crippen molar-refractivity contribution in [3.63, 3.8) is 0 Å². The fourth-order valence-corrected chi connectivity index (χ4v) is 2.10. The molecule has 0 aliphatic heterocycles. The van der Waals surface area contributed by atoms with Gasteiger partial charge in [-0.1, -0.05) is 11.6 Å². The van der Waals surface area contributed by atoms with Crippen LogP contribution in [0.2, 0.25) is 5.02 Å². The summed E-state index contributed by atoms with van der Waals surface area (Å²) in [4.78, 5) is 16.3. The van der Waals surface area contributed by atoms with Crippen LogP contribution in [0.15, 0.2) is 30.5 Å². The molecule has 0 fully saturated rings. The molecular formula is C14H18Cl3N3O. The Morgan fingerprint density at radius 2 is 2.00 bits per heavy atom. The van der Waals surface area contributed by atoms with E-state index in [2.05, 4.69) is 10.3 Å². The van der Waals surface area contributed by atoms with E-state index in [1.807, 2.05) is 6.07 Å². The molecule has 0 unspecified atom stereocenters. The molecule has 2 aromatic rings. The molecule has 4 nitrogen and oxygen atoms in total. The van der Waals surface area contributed by atoms with Crippen LogP contribution in [-0.2, 0) is 0 Å². The van der Waals surface area contributed by atoms with E-state index in [1.54, 1.807) is 24.4 Å². The van der Waals surface area contributed by atoms with Crippen molar-refractivity contribution < 1.29 is 4.79 Å². The van der Waals surface area contributed by atoms with Gasteiger partial charge in [0.05, 0.1) is 16.1 Å². The lowest BCUT2D eigenvalue weighted by Gasteiger charge is -2.08. The van der Waals surface area contributed by atoms with Crippen LogP contribution in [0.4, 0.5) is 0 Å². The number of unbranched alkanes of at least 4 members (excludes halogenated alkanes) is 1. The second-order valence-corrected chi connectivity index (χ2v) is 4.65. The second-order valence-electron chi connectivity index (χ2n) is 4.25. The second kappa shape index (κ2) is 9.79. The summed E-state index contributed by atoms with van der Waals surface area (Å²) in [5.41, 5.74) is 6.59. The molecule has 116 valence electrons. The van der Waals surface area contributed by atoms with Crippen molar-refractivity contribution in [3.05, 3.63) is 41.0 Å². The average Bonchev–Trinajstić information content (AvgIpc) is 2.44. The number of carbonyl (C=O) groups excluding carboxylic acids is 1. The maximum atomic E-state index is 12.1. The molecule has 0 spiro atoms. The number of nitrogens with one attached hydrogen (secondary N) is 1. The maximum absolute atomic E-state index is 12.1. The molecule has 0 aliphatic rings. The van der Waals surface area contributed by atoms with Gasteiger partial charge in [-0.3, -0.25) is 9.78 Å². The van der Waals surface area contributed by atoms with Crippen molar-refractivity contribution in [1.29, 1.82) is 0 Å². The van der Waals surface area contributed by atoms with E-state index in [0.29, 0.717) is 29.2 Å². The Balaban J connectivity index is 0.00000200. The normalized spacial score (nSPS) is 9.62. The third-order valence-electron chi connectivity index (χ3n) is 2.88. The Bertz CT molecular complexity index is 593. The Morgan fingerprint density at radius 1 is 1.24 bits per heavy atom. The molecule has 3 N–H and O–H groups in total. The number of aromatic nitrogens is 1. The molecule has 0 atom stereocenters. The number of nitrogens with zero attached hydrogens (tertiary/aromatic N) is 1. The quantitative estimate of drug-likeness (QED) is 0.814. The smallest absolute Gasteiger partial charge is 0.253 e. The summed E-state index contributed by atoms with van der Waals surface area (Å²) in [5.74, 6) is -0.127. The molecule has 1 aromatic carbocycles. The van der Waals surface area contributed by atoms with Gasteiger partial charge in [-0.05, 0) is 43.7 Å². The van der Waals surface area contributed by atoms with Gasteiger partial charge >= 0.3 is 0 Å². The number of fused-ring (bicyclic) bond motifs is 1. The maximum Gasteiger partial charge on any atom is 0.253 e. The monoisotopic (exact) mass is 349 g/mol. The molecule has 2 rings (SSSR count). The van der Waals surface area contributed by atoms with Gasteiger partial charge in [0.15, 0.2) is 0 Å². The lowest BCUT2D eigenvalue weighted by Crippen LogP contribution is -2.25. The van der Waals surface area contributed by atoms with Gasteiger partial charge in [-0.2, -0.15) is 0 Å². The summed E-state index contributed by atoms with van der Waals surface area (Å²) in [7, 11) is 0. The average molecular weight is 351 g/mol. The van der Waals surface area contributed by atoms with Gasteiger partial charge in [-0.25, -0.2) is 0 Å². The molecule has 0 radical (unpaired) electrons. The first-order valence-corrected chi connectivity index (χ1v) is 6.63. The lowest BCUT2D eigenvalue weighted by atomic mass is 10.1. The zero-order chi connectivity index (χ0) is 13.7. The fourth-order valence-electron chi connectivity index (χ4n) is 1.89. The number of nitrogens with two attached hydrogens (primary N) is 1. The first kappa shape index (κ1) is 19.9. The molecule has 1 aromatic heterocycles.